The highest BCUT2D eigenvalue weighted by molar-refractivity contribution is 6.11. The Morgan fingerprint density at radius 3 is 2.91 bits per heavy atom. The zero-order valence-corrected chi connectivity index (χ0v) is 12.4. The summed E-state index contributed by atoms with van der Waals surface area (Å²) in [6.07, 6.45) is 2.19. The van der Waals surface area contributed by atoms with Crippen LogP contribution in [0.4, 0.5) is 11.4 Å². The molecule has 23 heavy (non-hydrogen) atoms. The second-order valence-corrected chi connectivity index (χ2v) is 5.05. The molecular formula is C16H14N4O3. The molecule has 0 spiro atoms. The van der Waals surface area contributed by atoms with Crippen molar-refractivity contribution >= 4 is 28.2 Å². The minimum Gasteiger partial charge on any atom is -0.322 e. The molecule has 2 N–H and O–H groups in total. The number of H-pyrrole nitrogens is 1. The van der Waals surface area contributed by atoms with E-state index in [-0.39, 0.29) is 11.6 Å². The van der Waals surface area contributed by atoms with Gasteiger partial charge in [0.05, 0.1) is 22.2 Å². The topological polar surface area (TPSA) is 101 Å². The number of amides is 1. The molecule has 0 saturated carbocycles. The van der Waals surface area contributed by atoms with Crippen molar-refractivity contribution in [3.05, 3.63) is 63.8 Å². The number of rotatable bonds is 4. The van der Waals surface area contributed by atoms with Crippen LogP contribution in [0.5, 0.6) is 0 Å². The lowest BCUT2D eigenvalue weighted by molar-refractivity contribution is -0.385. The van der Waals surface area contributed by atoms with Crippen molar-refractivity contribution in [1.82, 2.24) is 10.2 Å². The maximum absolute atomic E-state index is 12.4. The summed E-state index contributed by atoms with van der Waals surface area (Å²) in [5.41, 5.74) is 2.08. The molecule has 0 radical (unpaired) electrons. The summed E-state index contributed by atoms with van der Waals surface area (Å²) in [5.74, 6) is -0.349. The predicted molar refractivity (Wildman–Crippen MR) is 86.5 cm³/mol. The maximum atomic E-state index is 12.4. The van der Waals surface area contributed by atoms with Crippen molar-refractivity contribution in [2.24, 2.45) is 0 Å². The molecule has 3 aromatic rings. The summed E-state index contributed by atoms with van der Waals surface area (Å²) < 4.78 is 0. The minimum atomic E-state index is -0.440. The molecule has 0 atom stereocenters. The molecule has 2 aromatic carbocycles. The number of carbonyl (C=O) groups excluding carboxylic acids is 1. The number of hydrogen-bond donors (Lipinski definition) is 2. The fourth-order valence-electron chi connectivity index (χ4n) is 2.47. The quantitative estimate of drug-likeness (QED) is 0.570. The summed E-state index contributed by atoms with van der Waals surface area (Å²) in [7, 11) is 0. The van der Waals surface area contributed by atoms with Gasteiger partial charge in [-0.2, -0.15) is 5.10 Å². The molecule has 0 fully saturated rings. The first-order valence-corrected chi connectivity index (χ1v) is 7.11. The Kier molecular flexibility index (Phi) is 3.76. The Bertz CT molecular complexity index is 901. The summed E-state index contributed by atoms with van der Waals surface area (Å²) in [6.45, 7) is 1.85. The third kappa shape index (κ3) is 2.76. The van der Waals surface area contributed by atoms with E-state index >= 15 is 0 Å². The lowest BCUT2D eigenvalue weighted by Crippen LogP contribution is -2.12. The van der Waals surface area contributed by atoms with Gasteiger partial charge < -0.3 is 5.32 Å². The van der Waals surface area contributed by atoms with Gasteiger partial charge in [0.25, 0.3) is 11.6 Å². The Balaban J connectivity index is 1.93. The number of para-hydroxylation sites is 1. The van der Waals surface area contributed by atoms with E-state index in [1.807, 2.05) is 13.0 Å². The monoisotopic (exact) mass is 310 g/mol. The summed E-state index contributed by atoms with van der Waals surface area (Å²) in [6, 6.07) is 9.97. The number of aryl methyl sites for hydroxylation is 1. The fraction of sp³-hybridized carbons (Fsp3) is 0.125. The van der Waals surface area contributed by atoms with Gasteiger partial charge in [0.2, 0.25) is 0 Å². The van der Waals surface area contributed by atoms with E-state index in [1.54, 1.807) is 30.5 Å². The predicted octanol–water partition coefficient (Wildman–Crippen LogP) is 3.29. The van der Waals surface area contributed by atoms with Crippen LogP contribution >= 0.6 is 0 Å². The lowest BCUT2D eigenvalue weighted by atomic mass is 10.1. The highest BCUT2D eigenvalue weighted by Gasteiger charge is 2.16. The van der Waals surface area contributed by atoms with Crippen LogP contribution < -0.4 is 5.32 Å². The Morgan fingerprint density at radius 2 is 2.17 bits per heavy atom. The Labute approximate surface area is 131 Å². The largest absolute Gasteiger partial charge is 0.322 e. The SMILES string of the molecule is CCc1ccc(NC(=O)c2cccc3cn[nH]c23)cc1[N+](=O)[O-]. The van der Waals surface area contributed by atoms with E-state index in [2.05, 4.69) is 15.5 Å². The van der Waals surface area contributed by atoms with Crippen molar-refractivity contribution in [1.29, 1.82) is 0 Å². The van der Waals surface area contributed by atoms with E-state index in [9.17, 15) is 14.9 Å². The molecule has 0 aliphatic rings. The van der Waals surface area contributed by atoms with Gasteiger partial charge in [0.15, 0.2) is 0 Å². The second-order valence-electron chi connectivity index (χ2n) is 5.05. The number of nitro groups is 1. The highest BCUT2D eigenvalue weighted by atomic mass is 16.6. The number of nitrogens with zero attached hydrogens (tertiary/aromatic N) is 2. The van der Waals surface area contributed by atoms with Crippen molar-refractivity contribution in [2.45, 2.75) is 13.3 Å². The molecule has 0 aliphatic carbocycles. The van der Waals surface area contributed by atoms with Crippen LogP contribution in [0.25, 0.3) is 10.9 Å². The van der Waals surface area contributed by atoms with Crippen LogP contribution in [-0.4, -0.2) is 21.0 Å². The average Bonchev–Trinajstić information content (AvgIpc) is 3.03. The smallest absolute Gasteiger partial charge is 0.274 e. The van der Waals surface area contributed by atoms with Gasteiger partial charge in [0.1, 0.15) is 0 Å². The van der Waals surface area contributed by atoms with Crippen LogP contribution in [0.15, 0.2) is 42.6 Å². The number of aromatic nitrogens is 2. The maximum Gasteiger partial charge on any atom is 0.274 e. The first-order valence-electron chi connectivity index (χ1n) is 7.11. The number of carbonyl (C=O) groups is 1. The summed E-state index contributed by atoms with van der Waals surface area (Å²) in [4.78, 5) is 23.1. The lowest BCUT2D eigenvalue weighted by Gasteiger charge is -2.07. The molecule has 7 nitrogen and oxygen atoms in total. The zero-order valence-electron chi connectivity index (χ0n) is 12.4. The van der Waals surface area contributed by atoms with Crippen LogP contribution in [0, 0.1) is 10.1 Å². The standard InChI is InChI=1S/C16H14N4O3/c1-2-10-6-7-12(8-14(10)20(22)23)18-16(21)13-5-3-4-11-9-17-19-15(11)13/h3-9H,2H2,1H3,(H,17,19)(H,18,21). The van der Waals surface area contributed by atoms with Crippen molar-refractivity contribution in [2.75, 3.05) is 5.32 Å². The molecule has 0 saturated heterocycles. The number of benzene rings is 2. The van der Waals surface area contributed by atoms with Crippen LogP contribution in [0.2, 0.25) is 0 Å². The molecule has 0 unspecified atom stereocenters. The number of fused-ring (bicyclic) bond motifs is 1. The first-order chi connectivity index (χ1) is 11.1. The van der Waals surface area contributed by atoms with Gasteiger partial charge in [-0.15, -0.1) is 0 Å². The molecule has 7 heteroatoms. The van der Waals surface area contributed by atoms with Gasteiger partial charge in [-0.25, -0.2) is 0 Å². The summed E-state index contributed by atoms with van der Waals surface area (Å²) in [5, 5.41) is 21.3. The number of hydrogen-bond acceptors (Lipinski definition) is 4. The van der Waals surface area contributed by atoms with Crippen LogP contribution in [0.3, 0.4) is 0 Å². The van der Waals surface area contributed by atoms with E-state index in [1.165, 1.54) is 6.07 Å². The van der Waals surface area contributed by atoms with Crippen LogP contribution in [0.1, 0.15) is 22.8 Å². The fourth-order valence-corrected chi connectivity index (χ4v) is 2.47. The number of nitro benzene ring substituents is 1. The molecule has 116 valence electrons. The zero-order chi connectivity index (χ0) is 16.4. The van der Waals surface area contributed by atoms with E-state index < -0.39 is 4.92 Å². The molecule has 0 bridgehead atoms. The Morgan fingerprint density at radius 1 is 1.35 bits per heavy atom. The summed E-state index contributed by atoms with van der Waals surface area (Å²) >= 11 is 0. The van der Waals surface area contributed by atoms with Gasteiger partial charge in [-0.1, -0.05) is 25.1 Å². The normalized spacial score (nSPS) is 10.7. The molecule has 1 amide bonds. The molecule has 1 heterocycles. The third-order valence-corrected chi connectivity index (χ3v) is 3.64. The van der Waals surface area contributed by atoms with E-state index in [0.29, 0.717) is 28.8 Å². The molecule has 1 aromatic heterocycles. The average molecular weight is 310 g/mol. The van der Waals surface area contributed by atoms with E-state index in [0.717, 1.165) is 5.39 Å². The molecule has 3 rings (SSSR count). The number of anilines is 1. The van der Waals surface area contributed by atoms with Gasteiger partial charge in [-0.3, -0.25) is 20.0 Å². The third-order valence-electron chi connectivity index (χ3n) is 3.64. The number of aromatic amines is 1. The van der Waals surface area contributed by atoms with Crippen molar-refractivity contribution in [3.63, 3.8) is 0 Å². The molecule has 0 aliphatic heterocycles. The molecular weight excluding hydrogens is 296 g/mol. The highest BCUT2D eigenvalue weighted by Crippen LogP contribution is 2.24. The van der Waals surface area contributed by atoms with Gasteiger partial charge in [0, 0.05) is 22.7 Å². The van der Waals surface area contributed by atoms with Crippen molar-refractivity contribution in [3.8, 4) is 0 Å². The number of nitrogens with one attached hydrogen (secondary N) is 2. The Hall–Kier alpha value is -3.22. The second kappa shape index (κ2) is 5.88. The minimum absolute atomic E-state index is 0.00467. The van der Waals surface area contributed by atoms with E-state index in [4.69, 9.17) is 0 Å². The van der Waals surface area contributed by atoms with Crippen LogP contribution in [-0.2, 0) is 6.42 Å². The van der Waals surface area contributed by atoms with Gasteiger partial charge >= 0.3 is 0 Å². The van der Waals surface area contributed by atoms with Crippen molar-refractivity contribution < 1.29 is 9.72 Å². The first kappa shape index (κ1) is 14.7. The van der Waals surface area contributed by atoms with Gasteiger partial charge in [-0.05, 0) is 18.6 Å².